The highest BCUT2D eigenvalue weighted by molar-refractivity contribution is 5.78. The van der Waals surface area contributed by atoms with Gasteiger partial charge in [-0.2, -0.15) is 0 Å². The maximum atomic E-state index is 11.6. The monoisotopic (exact) mass is 299 g/mol. The number of carboxylic acids is 1. The fraction of sp³-hybridized carbons (Fsp3) is 0.938. The maximum absolute atomic E-state index is 11.6. The molecular weight excluding hydrogens is 266 g/mol. The maximum Gasteiger partial charge on any atom is 0.323 e. The van der Waals surface area contributed by atoms with Crippen molar-refractivity contribution in [2.75, 3.05) is 39.8 Å². The van der Waals surface area contributed by atoms with Gasteiger partial charge in [-0.3, -0.25) is 4.79 Å². The third-order valence-corrected chi connectivity index (χ3v) is 4.66. The highest BCUT2D eigenvalue weighted by Gasteiger charge is 2.34. The van der Waals surface area contributed by atoms with Crippen molar-refractivity contribution in [2.45, 2.75) is 58.0 Å². The third-order valence-electron chi connectivity index (χ3n) is 4.66. The predicted octanol–water partition coefficient (Wildman–Crippen LogP) is 1.64. The molecular formula is C16H33N3O2. The van der Waals surface area contributed by atoms with Crippen LogP contribution in [0.4, 0.5) is 0 Å². The Bertz CT molecular complexity index is 319. The third kappa shape index (κ3) is 5.93. The number of hydrogen-bond donors (Lipinski definition) is 2. The summed E-state index contributed by atoms with van der Waals surface area (Å²) in [6.07, 6.45) is 4.20. The molecule has 2 N–H and O–H groups in total. The molecule has 5 nitrogen and oxygen atoms in total. The van der Waals surface area contributed by atoms with Gasteiger partial charge in [-0.1, -0.05) is 6.92 Å². The molecule has 5 heteroatoms. The van der Waals surface area contributed by atoms with E-state index in [9.17, 15) is 9.90 Å². The Labute approximate surface area is 129 Å². The molecule has 2 unspecified atom stereocenters. The number of hydrogen-bond acceptors (Lipinski definition) is 4. The summed E-state index contributed by atoms with van der Waals surface area (Å²) >= 11 is 0. The van der Waals surface area contributed by atoms with Gasteiger partial charge in [-0.25, -0.2) is 0 Å². The average Bonchev–Trinajstić information content (AvgIpc) is 2.95. The SMILES string of the molecule is CCCNC(C)(CC(C)N(C)CCN1CCCC1)C(=O)O. The molecule has 0 bridgehead atoms. The van der Waals surface area contributed by atoms with Gasteiger partial charge in [0.15, 0.2) is 0 Å². The first-order valence-corrected chi connectivity index (χ1v) is 8.30. The minimum atomic E-state index is -0.836. The molecule has 0 spiro atoms. The molecule has 0 amide bonds. The summed E-state index contributed by atoms with van der Waals surface area (Å²) in [5.41, 5.74) is -0.836. The quantitative estimate of drug-likeness (QED) is 0.642. The minimum absolute atomic E-state index is 0.248. The van der Waals surface area contributed by atoms with Crippen LogP contribution in [-0.4, -0.2) is 72.2 Å². The van der Waals surface area contributed by atoms with Crippen molar-refractivity contribution in [2.24, 2.45) is 0 Å². The topological polar surface area (TPSA) is 55.8 Å². The second-order valence-electron chi connectivity index (χ2n) is 6.65. The number of likely N-dealkylation sites (N-methyl/N-ethyl adjacent to an activating group) is 1. The van der Waals surface area contributed by atoms with E-state index in [0.29, 0.717) is 6.42 Å². The number of carbonyl (C=O) groups is 1. The molecule has 1 rings (SSSR count). The number of carboxylic acid groups (broad SMARTS) is 1. The van der Waals surface area contributed by atoms with E-state index in [4.69, 9.17) is 0 Å². The summed E-state index contributed by atoms with van der Waals surface area (Å²) in [6, 6.07) is 0.248. The van der Waals surface area contributed by atoms with Crippen LogP contribution in [0, 0.1) is 0 Å². The van der Waals surface area contributed by atoms with Crippen LogP contribution in [0.2, 0.25) is 0 Å². The van der Waals surface area contributed by atoms with E-state index in [0.717, 1.165) is 26.1 Å². The van der Waals surface area contributed by atoms with Crippen molar-refractivity contribution >= 4 is 5.97 Å². The Morgan fingerprint density at radius 2 is 2.05 bits per heavy atom. The van der Waals surface area contributed by atoms with Gasteiger partial charge in [0.1, 0.15) is 5.54 Å². The lowest BCUT2D eigenvalue weighted by Crippen LogP contribution is -2.53. The molecule has 0 aromatic rings. The van der Waals surface area contributed by atoms with Gasteiger partial charge in [0, 0.05) is 19.1 Å². The van der Waals surface area contributed by atoms with Crippen LogP contribution in [-0.2, 0) is 4.79 Å². The Morgan fingerprint density at radius 1 is 1.43 bits per heavy atom. The first-order valence-electron chi connectivity index (χ1n) is 8.30. The Hall–Kier alpha value is -0.650. The zero-order chi connectivity index (χ0) is 15.9. The lowest BCUT2D eigenvalue weighted by atomic mass is 9.93. The summed E-state index contributed by atoms with van der Waals surface area (Å²) in [7, 11) is 2.10. The standard InChI is InChI=1S/C16H33N3O2/c1-5-8-17-16(3,15(20)21)13-14(2)18(4)11-12-19-9-6-7-10-19/h14,17H,5-13H2,1-4H3,(H,20,21). The minimum Gasteiger partial charge on any atom is -0.480 e. The van der Waals surface area contributed by atoms with Crippen molar-refractivity contribution in [3.63, 3.8) is 0 Å². The van der Waals surface area contributed by atoms with Gasteiger partial charge in [-0.15, -0.1) is 0 Å². The molecule has 1 saturated heterocycles. The van der Waals surface area contributed by atoms with Gasteiger partial charge in [0.2, 0.25) is 0 Å². The van der Waals surface area contributed by atoms with Crippen molar-refractivity contribution in [1.29, 1.82) is 0 Å². The summed E-state index contributed by atoms with van der Waals surface area (Å²) < 4.78 is 0. The Balaban J connectivity index is 2.43. The number of aliphatic carboxylic acids is 1. The molecule has 0 saturated carbocycles. The van der Waals surface area contributed by atoms with Crippen LogP contribution in [0.15, 0.2) is 0 Å². The lowest BCUT2D eigenvalue weighted by molar-refractivity contribution is -0.145. The predicted molar refractivity (Wildman–Crippen MR) is 86.7 cm³/mol. The normalized spacial score (nSPS) is 20.6. The van der Waals surface area contributed by atoms with Gasteiger partial charge < -0.3 is 20.2 Å². The molecule has 1 heterocycles. The van der Waals surface area contributed by atoms with E-state index in [1.165, 1.54) is 25.9 Å². The average molecular weight is 299 g/mol. The molecule has 0 radical (unpaired) electrons. The number of likely N-dealkylation sites (tertiary alicyclic amines) is 1. The molecule has 0 aromatic carbocycles. The van der Waals surface area contributed by atoms with E-state index in [-0.39, 0.29) is 6.04 Å². The molecule has 21 heavy (non-hydrogen) atoms. The number of nitrogens with one attached hydrogen (secondary N) is 1. The Kier molecular flexibility index (Phi) is 7.63. The summed E-state index contributed by atoms with van der Waals surface area (Å²) in [5, 5.41) is 12.7. The summed E-state index contributed by atoms with van der Waals surface area (Å²) in [4.78, 5) is 16.3. The van der Waals surface area contributed by atoms with Crippen LogP contribution in [0.25, 0.3) is 0 Å². The van der Waals surface area contributed by atoms with Crippen molar-refractivity contribution in [1.82, 2.24) is 15.1 Å². The van der Waals surface area contributed by atoms with Crippen LogP contribution in [0.5, 0.6) is 0 Å². The van der Waals surface area contributed by atoms with Crippen LogP contribution in [0.3, 0.4) is 0 Å². The second kappa shape index (κ2) is 8.71. The number of nitrogens with zero attached hydrogens (tertiary/aromatic N) is 2. The van der Waals surface area contributed by atoms with Gasteiger partial charge >= 0.3 is 5.97 Å². The first-order chi connectivity index (χ1) is 9.89. The number of rotatable bonds is 10. The molecule has 1 aliphatic rings. The first kappa shape index (κ1) is 18.4. The van der Waals surface area contributed by atoms with Crippen LogP contribution < -0.4 is 5.32 Å². The van der Waals surface area contributed by atoms with Crippen molar-refractivity contribution < 1.29 is 9.90 Å². The largest absolute Gasteiger partial charge is 0.480 e. The fourth-order valence-electron chi connectivity index (χ4n) is 2.91. The van der Waals surface area contributed by atoms with E-state index in [2.05, 4.69) is 36.0 Å². The highest BCUT2D eigenvalue weighted by atomic mass is 16.4. The van der Waals surface area contributed by atoms with Crippen molar-refractivity contribution in [3.8, 4) is 0 Å². The van der Waals surface area contributed by atoms with Crippen LogP contribution in [0.1, 0.15) is 46.5 Å². The fourth-order valence-corrected chi connectivity index (χ4v) is 2.91. The second-order valence-corrected chi connectivity index (χ2v) is 6.65. The van der Waals surface area contributed by atoms with Gasteiger partial charge in [0.25, 0.3) is 0 Å². The zero-order valence-electron chi connectivity index (χ0n) is 14.2. The van der Waals surface area contributed by atoms with Crippen LogP contribution >= 0.6 is 0 Å². The van der Waals surface area contributed by atoms with E-state index >= 15 is 0 Å². The molecule has 124 valence electrons. The zero-order valence-corrected chi connectivity index (χ0v) is 14.2. The molecule has 1 aliphatic heterocycles. The van der Waals surface area contributed by atoms with E-state index in [1.807, 2.05) is 0 Å². The molecule has 2 atom stereocenters. The summed E-state index contributed by atoms with van der Waals surface area (Å²) in [6.45, 7) is 11.3. The van der Waals surface area contributed by atoms with Crippen molar-refractivity contribution in [3.05, 3.63) is 0 Å². The van der Waals surface area contributed by atoms with E-state index < -0.39 is 11.5 Å². The molecule has 1 fully saturated rings. The lowest BCUT2D eigenvalue weighted by Gasteiger charge is -2.34. The molecule has 0 aromatic heterocycles. The molecule has 0 aliphatic carbocycles. The highest BCUT2D eigenvalue weighted by Crippen LogP contribution is 2.17. The van der Waals surface area contributed by atoms with Gasteiger partial charge in [0.05, 0.1) is 0 Å². The van der Waals surface area contributed by atoms with E-state index in [1.54, 1.807) is 6.92 Å². The smallest absolute Gasteiger partial charge is 0.323 e. The summed E-state index contributed by atoms with van der Waals surface area (Å²) in [5.74, 6) is -0.754. The van der Waals surface area contributed by atoms with Gasteiger partial charge in [-0.05, 0) is 66.2 Å². The Morgan fingerprint density at radius 3 is 2.57 bits per heavy atom.